The Morgan fingerprint density at radius 3 is 2.71 bits per heavy atom. The molecule has 0 fully saturated rings. The molecule has 1 amide bonds. The van der Waals surface area contributed by atoms with Crippen LogP contribution in [0.15, 0.2) is 35.3 Å². The van der Waals surface area contributed by atoms with Gasteiger partial charge >= 0.3 is 0 Å². The maximum atomic E-state index is 12.3. The summed E-state index contributed by atoms with van der Waals surface area (Å²) < 4.78 is 3.97. The lowest BCUT2D eigenvalue weighted by Crippen LogP contribution is -2.15. The average molecular weight is 357 g/mol. The van der Waals surface area contributed by atoms with E-state index in [9.17, 15) is 4.79 Å². The summed E-state index contributed by atoms with van der Waals surface area (Å²) in [6, 6.07) is 9.55. The number of para-hydroxylation sites is 1. The third-order valence-electron chi connectivity index (χ3n) is 2.99. The van der Waals surface area contributed by atoms with E-state index in [-0.39, 0.29) is 5.91 Å². The Morgan fingerprint density at radius 2 is 2.05 bits per heavy atom. The molecule has 2 aromatic heterocycles. The number of carbonyl (C=O) groups excluding carboxylic acids is 1. The molecule has 1 aromatic carbocycles. The molecule has 0 aliphatic carbocycles. The molecule has 0 atom stereocenters. The summed E-state index contributed by atoms with van der Waals surface area (Å²) in [4.78, 5) is 17.2. The molecular weight excluding hydrogens is 347 g/mol. The number of halogens is 2. The summed E-state index contributed by atoms with van der Waals surface area (Å²) in [6.07, 6.45) is 0. The highest BCUT2D eigenvalue weighted by atomic mass is 35.5. The zero-order valence-corrected chi connectivity index (χ0v) is 14.1. The minimum Gasteiger partial charge on any atom is -0.317 e. The van der Waals surface area contributed by atoms with Gasteiger partial charge in [-0.05, 0) is 25.1 Å². The maximum absolute atomic E-state index is 12.3. The Morgan fingerprint density at radius 1 is 1.29 bits per heavy atom. The first kappa shape index (κ1) is 14.8. The van der Waals surface area contributed by atoms with Crippen LogP contribution in [0.1, 0.15) is 17.3 Å². The molecule has 0 saturated carbocycles. The Bertz CT molecular complexity index is 892. The molecule has 3 rings (SSSR count). The Kier molecular flexibility index (Phi) is 4.17. The molecule has 0 spiro atoms. The summed E-state index contributed by atoms with van der Waals surface area (Å²) in [5, 5.41) is 0. The molecule has 0 bridgehead atoms. The quantitative estimate of drug-likeness (QED) is 0.647. The summed E-state index contributed by atoms with van der Waals surface area (Å²) >= 11 is 14.5. The number of rotatable bonds is 2. The van der Waals surface area contributed by atoms with Crippen LogP contribution in [-0.4, -0.2) is 10.5 Å². The van der Waals surface area contributed by atoms with Crippen LogP contribution in [0.25, 0.3) is 10.2 Å². The number of amides is 1. The van der Waals surface area contributed by atoms with Gasteiger partial charge in [0.05, 0.1) is 20.1 Å². The second-order valence-electron chi connectivity index (χ2n) is 4.25. The van der Waals surface area contributed by atoms with Crippen molar-refractivity contribution in [3.63, 3.8) is 0 Å². The number of fused-ring (bicyclic) bond motifs is 1. The minimum absolute atomic E-state index is 0.353. The largest absolute Gasteiger partial charge is 0.317 e. The predicted molar refractivity (Wildman–Crippen MR) is 89.7 cm³/mol. The number of aryl methyl sites for hydroxylation is 1. The van der Waals surface area contributed by atoms with Crippen LogP contribution in [0, 0.1) is 0 Å². The molecule has 21 heavy (non-hydrogen) atoms. The number of hydrogen-bond donors (Lipinski definition) is 0. The van der Waals surface area contributed by atoms with E-state index in [0.717, 1.165) is 16.8 Å². The number of hydrogen-bond acceptors (Lipinski definition) is 3. The highest BCUT2D eigenvalue weighted by Crippen LogP contribution is 2.31. The molecule has 0 saturated heterocycles. The van der Waals surface area contributed by atoms with E-state index >= 15 is 0 Å². The first-order chi connectivity index (χ1) is 10.1. The van der Waals surface area contributed by atoms with Crippen molar-refractivity contribution in [1.29, 1.82) is 0 Å². The van der Waals surface area contributed by atoms with E-state index in [4.69, 9.17) is 23.2 Å². The summed E-state index contributed by atoms with van der Waals surface area (Å²) in [5.74, 6) is -0.364. The summed E-state index contributed by atoms with van der Waals surface area (Å²) in [5.41, 5.74) is 1.43. The van der Waals surface area contributed by atoms with Crippen LogP contribution in [0.2, 0.25) is 8.67 Å². The van der Waals surface area contributed by atoms with Crippen LogP contribution in [0.5, 0.6) is 0 Å². The highest BCUT2D eigenvalue weighted by Gasteiger charge is 2.14. The van der Waals surface area contributed by atoms with Crippen LogP contribution >= 0.6 is 45.9 Å². The third-order valence-corrected chi connectivity index (χ3v) is 5.54. The van der Waals surface area contributed by atoms with Crippen LogP contribution in [-0.2, 0) is 6.54 Å². The van der Waals surface area contributed by atoms with E-state index < -0.39 is 0 Å². The fourth-order valence-corrected chi connectivity index (χ4v) is 4.59. The molecule has 3 nitrogen and oxygen atoms in total. The lowest BCUT2D eigenvalue weighted by Gasteiger charge is -1.99. The molecule has 0 radical (unpaired) electrons. The van der Waals surface area contributed by atoms with Gasteiger partial charge in [0.25, 0.3) is 5.91 Å². The standard InChI is InChI=1S/C14H10Cl2N2OS2/c1-2-18-9-5-3-4-6-10(9)20-14(18)17-13(19)8-7-11(15)21-12(8)16/h3-7H,2H2,1H3. The number of thiophene rings is 1. The van der Waals surface area contributed by atoms with Crippen LogP contribution in [0.4, 0.5) is 0 Å². The van der Waals surface area contributed by atoms with Gasteiger partial charge in [0.15, 0.2) is 4.80 Å². The Balaban J connectivity index is 2.15. The van der Waals surface area contributed by atoms with Crippen molar-refractivity contribution in [2.75, 3.05) is 0 Å². The van der Waals surface area contributed by atoms with Gasteiger partial charge in [0, 0.05) is 6.54 Å². The van der Waals surface area contributed by atoms with Gasteiger partial charge in [-0.25, -0.2) is 0 Å². The van der Waals surface area contributed by atoms with Gasteiger partial charge in [-0.15, -0.1) is 11.3 Å². The van der Waals surface area contributed by atoms with Gasteiger partial charge in [0.1, 0.15) is 4.34 Å². The van der Waals surface area contributed by atoms with E-state index in [1.54, 1.807) is 6.07 Å². The van der Waals surface area contributed by atoms with Crippen molar-refractivity contribution in [2.24, 2.45) is 4.99 Å². The van der Waals surface area contributed by atoms with Crippen molar-refractivity contribution in [3.8, 4) is 0 Å². The van der Waals surface area contributed by atoms with Gasteiger partial charge < -0.3 is 4.57 Å². The van der Waals surface area contributed by atoms with E-state index in [0.29, 0.717) is 19.0 Å². The van der Waals surface area contributed by atoms with Gasteiger partial charge in [-0.2, -0.15) is 4.99 Å². The predicted octanol–water partition coefficient (Wildman–Crippen LogP) is 4.83. The summed E-state index contributed by atoms with van der Waals surface area (Å²) in [6.45, 7) is 2.77. The fraction of sp³-hybridized carbons (Fsp3) is 0.143. The molecule has 2 heterocycles. The summed E-state index contributed by atoms with van der Waals surface area (Å²) in [7, 11) is 0. The average Bonchev–Trinajstić information content (AvgIpc) is 2.97. The normalized spacial score (nSPS) is 12.2. The molecule has 0 aliphatic rings. The van der Waals surface area contributed by atoms with E-state index in [1.165, 1.54) is 22.7 Å². The lowest BCUT2D eigenvalue weighted by molar-refractivity contribution is 0.0998. The SMILES string of the molecule is CCn1c(=NC(=O)c2cc(Cl)sc2Cl)sc2ccccc21. The van der Waals surface area contributed by atoms with Crippen molar-refractivity contribution < 1.29 is 4.79 Å². The molecule has 0 unspecified atom stereocenters. The molecule has 108 valence electrons. The van der Waals surface area contributed by atoms with Gasteiger partial charge in [-0.3, -0.25) is 4.79 Å². The van der Waals surface area contributed by atoms with Gasteiger partial charge in [0.2, 0.25) is 0 Å². The molecule has 0 N–H and O–H groups in total. The maximum Gasteiger partial charge on any atom is 0.282 e. The number of carbonyl (C=O) groups is 1. The van der Waals surface area contributed by atoms with Gasteiger partial charge in [-0.1, -0.05) is 46.7 Å². The molecule has 7 heteroatoms. The van der Waals surface area contributed by atoms with E-state index in [1.807, 2.05) is 35.8 Å². The number of nitrogens with zero attached hydrogens (tertiary/aromatic N) is 2. The molecule has 3 aromatic rings. The Labute approximate surface area is 139 Å². The lowest BCUT2D eigenvalue weighted by atomic mass is 10.3. The molecule has 0 aliphatic heterocycles. The third kappa shape index (κ3) is 2.79. The topological polar surface area (TPSA) is 34.4 Å². The fourth-order valence-electron chi connectivity index (χ4n) is 2.04. The van der Waals surface area contributed by atoms with Crippen LogP contribution in [0.3, 0.4) is 0 Å². The van der Waals surface area contributed by atoms with Crippen molar-refractivity contribution in [3.05, 3.63) is 49.4 Å². The first-order valence-electron chi connectivity index (χ1n) is 6.22. The molecular formula is C14H10Cl2N2OS2. The monoisotopic (exact) mass is 356 g/mol. The van der Waals surface area contributed by atoms with E-state index in [2.05, 4.69) is 4.99 Å². The van der Waals surface area contributed by atoms with Crippen molar-refractivity contribution >= 4 is 62.0 Å². The second kappa shape index (κ2) is 5.93. The smallest absolute Gasteiger partial charge is 0.282 e. The number of thiazole rings is 1. The van der Waals surface area contributed by atoms with Crippen LogP contribution < -0.4 is 4.80 Å². The zero-order valence-electron chi connectivity index (χ0n) is 11.0. The number of aromatic nitrogens is 1. The van der Waals surface area contributed by atoms with Crippen molar-refractivity contribution in [1.82, 2.24) is 4.57 Å². The second-order valence-corrected chi connectivity index (χ2v) is 7.55. The Hall–Kier alpha value is -1.14. The zero-order chi connectivity index (χ0) is 15.0. The first-order valence-corrected chi connectivity index (χ1v) is 8.61. The minimum atomic E-state index is -0.364. The number of benzene rings is 1. The van der Waals surface area contributed by atoms with Crippen molar-refractivity contribution in [2.45, 2.75) is 13.5 Å². The highest BCUT2D eigenvalue weighted by molar-refractivity contribution is 7.20.